The maximum absolute atomic E-state index is 2.49. The number of aryl methyl sites for hydroxylation is 1. The molecular formula is C51H33NS. The molecule has 10 aromatic rings. The highest BCUT2D eigenvalue weighted by Gasteiger charge is 2.26. The van der Waals surface area contributed by atoms with E-state index in [1.165, 1.54) is 97.5 Å². The van der Waals surface area contributed by atoms with Gasteiger partial charge in [0.2, 0.25) is 0 Å². The zero-order valence-electron chi connectivity index (χ0n) is 29.2. The van der Waals surface area contributed by atoms with E-state index in [0.717, 1.165) is 11.4 Å². The van der Waals surface area contributed by atoms with Gasteiger partial charge in [-0.3, -0.25) is 0 Å². The van der Waals surface area contributed by atoms with Crippen molar-refractivity contribution in [2.24, 2.45) is 0 Å². The molecule has 1 aliphatic carbocycles. The first-order chi connectivity index (χ1) is 26.2. The number of hydrogen-bond donors (Lipinski definition) is 0. The molecule has 0 spiro atoms. The third-order valence-corrected chi connectivity index (χ3v) is 12.1. The second kappa shape index (κ2) is 11.8. The SMILES string of the molecule is Cc1ccc(N(c2ccc3cc4c(cc3c2)-c2cc3cc(-c5ccccc5)ccc3cc2-4)c2c(-c3ccccc3)ccc3sc4ccccc4c23)cc1. The van der Waals surface area contributed by atoms with Crippen molar-refractivity contribution in [1.82, 2.24) is 0 Å². The third kappa shape index (κ3) is 4.84. The van der Waals surface area contributed by atoms with Gasteiger partial charge in [-0.15, -0.1) is 11.3 Å². The molecule has 0 amide bonds. The second-order valence-electron chi connectivity index (χ2n) is 14.2. The molecule has 1 heterocycles. The van der Waals surface area contributed by atoms with Crippen molar-refractivity contribution in [2.75, 3.05) is 4.90 Å². The smallest absolute Gasteiger partial charge is 0.0633 e. The lowest BCUT2D eigenvalue weighted by molar-refractivity contribution is 1.29. The van der Waals surface area contributed by atoms with Gasteiger partial charge in [0.1, 0.15) is 0 Å². The van der Waals surface area contributed by atoms with Crippen molar-refractivity contribution in [2.45, 2.75) is 6.92 Å². The summed E-state index contributed by atoms with van der Waals surface area (Å²) in [5, 5.41) is 7.64. The van der Waals surface area contributed by atoms with Crippen molar-refractivity contribution in [3.8, 4) is 44.5 Å². The molecular weight excluding hydrogens is 659 g/mol. The minimum Gasteiger partial charge on any atom is -0.309 e. The lowest BCUT2D eigenvalue weighted by Gasteiger charge is -2.30. The Morgan fingerprint density at radius 3 is 1.68 bits per heavy atom. The average Bonchev–Trinajstić information content (AvgIpc) is 3.60. The molecule has 0 atom stereocenters. The summed E-state index contributed by atoms with van der Waals surface area (Å²) in [4.78, 5) is 2.49. The van der Waals surface area contributed by atoms with E-state index in [4.69, 9.17) is 0 Å². The molecule has 0 unspecified atom stereocenters. The first-order valence-corrected chi connectivity index (χ1v) is 19.1. The largest absolute Gasteiger partial charge is 0.309 e. The molecule has 0 N–H and O–H groups in total. The van der Waals surface area contributed by atoms with Gasteiger partial charge < -0.3 is 4.90 Å². The zero-order valence-corrected chi connectivity index (χ0v) is 30.0. The van der Waals surface area contributed by atoms with Gasteiger partial charge in [0, 0.05) is 37.1 Å². The predicted octanol–water partition coefficient (Wildman–Crippen LogP) is 15.1. The second-order valence-corrected chi connectivity index (χ2v) is 15.3. The Morgan fingerprint density at radius 2 is 0.962 bits per heavy atom. The van der Waals surface area contributed by atoms with E-state index >= 15 is 0 Å². The van der Waals surface area contributed by atoms with Crippen LogP contribution in [0.25, 0.3) is 86.2 Å². The van der Waals surface area contributed by atoms with E-state index in [9.17, 15) is 0 Å². The third-order valence-electron chi connectivity index (χ3n) is 11.0. The van der Waals surface area contributed by atoms with Crippen LogP contribution in [0.4, 0.5) is 17.1 Å². The summed E-state index contributed by atoms with van der Waals surface area (Å²) in [5.74, 6) is 0. The summed E-state index contributed by atoms with van der Waals surface area (Å²) in [7, 11) is 0. The Labute approximate surface area is 312 Å². The van der Waals surface area contributed by atoms with Crippen molar-refractivity contribution >= 4 is 70.1 Å². The lowest BCUT2D eigenvalue weighted by atomic mass is 9.77. The molecule has 0 fully saturated rings. The fourth-order valence-corrected chi connectivity index (χ4v) is 9.45. The molecule has 248 valence electrons. The molecule has 9 aromatic carbocycles. The number of nitrogens with zero attached hydrogens (tertiary/aromatic N) is 1. The van der Waals surface area contributed by atoms with Crippen LogP contribution >= 0.6 is 11.3 Å². The standard InChI is InChI=1S/C51H33NS/c1-32-16-21-40(22-17-32)52(51-42(34-12-6-3-7-13-34)24-25-49-50(51)43-14-8-9-15-48(43)53-49)41-23-20-37-29-45-44-28-36-19-18-35(33-10-4-2-5-11-33)26-38(36)30-46(44)47(45)31-39(37)27-41/h2-31H,1H3. The minimum absolute atomic E-state index is 1.14. The highest BCUT2D eigenvalue weighted by molar-refractivity contribution is 7.26. The lowest BCUT2D eigenvalue weighted by Crippen LogP contribution is -2.12. The number of fused-ring (bicyclic) bond motifs is 9. The average molecular weight is 692 g/mol. The van der Waals surface area contributed by atoms with Crippen LogP contribution in [-0.4, -0.2) is 0 Å². The summed E-state index contributed by atoms with van der Waals surface area (Å²) < 4.78 is 2.59. The molecule has 2 heteroatoms. The summed E-state index contributed by atoms with van der Waals surface area (Å²) in [6.45, 7) is 2.16. The monoisotopic (exact) mass is 691 g/mol. The van der Waals surface area contributed by atoms with Crippen LogP contribution in [-0.2, 0) is 0 Å². The van der Waals surface area contributed by atoms with Gasteiger partial charge in [-0.2, -0.15) is 0 Å². The van der Waals surface area contributed by atoms with E-state index in [1.807, 2.05) is 11.3 Å². The van der Waals surface area contributed by atoms with Crippen LogP contribution in [0.5, 0.6) is 0 Å². The fraction of sp³-hybridized carbons (Fsp3) is 0.0196. The number of anilines is 3. The van der Waals surface area contributed by atoms with Crippen molar-refractivity contribution in [3.63, 3.8) is 0 Å². The number of benzene rings is 9. The first kappa shape index (κ1) is 30.2. The molecule has 0 aliphatic heterocycles. The summed E-state index contributed by atoms with van der Waals surface area (Å²) in [6, 6.07) is 67.4. The normalized spacial score (nSPS) is 11.9. The minimum atomic E-state index is 1.14. The molecule has 1 nitrogen and oxygen atoms in total. The van der Waals surface area contributed by atoms with Crippen LogP contribution < -0.4 is 4.90 Å². The maximum Gasteiger partial charge on any atom is 0.0633 e. The highest BCUT2D eigenvalue weighted by Crippen LogP contribution is 2.53. The first-order valence-electron chi connectivity index (χ1n) is 18.2. The number of thiophene rings is 1. The van der Waals surface area contributed by atoms with Crippen LogP contribution in [0.3, 0.4) is 0 Å². The topological polar surface area (TPSA) is 3.24 Å². The molecule has 11 rings (SSSR count). The van der Waals surface area contributed by atoms with Gasteiger partial charge in [-0.1, -0.05) is 121 Å². The van der Waals surface area contributed by atoms with Crippen LogP contribution in [0.2, 0.25) is 0 Å². The molecule has 1 aromatic heterocycles. The Kier molecular flexibility index (Phi) is 6.71. The Balaban J connectivity index is 1.11. The van der Waals surface area contributed by atoms with Crippen LogP contribution in [0, 0.1) is 6.92 Å². The van der Waals surface area contributed by atoms with Gasteiger partial charge in [-0.25, -0.2) is 0 Å². The summed E-state index contributed by atoms with van der Waals surface area (Å²) in [6.07, 6.45) is 0. The van der Waals surface area contributed by atoms with Gasteiger partial charge >= 0.3 is 0 Å². The van der Waals surface area contributed by atoms with Gasteiger partial charge in [0.05, 0.1) is 5.69 Å². The molecule has 0 bridgehead atoms. The molecule has 0 saturated heterocycles. The van der Waals surface area contributed by atoms with Gasteiger partial charge in [-0.05, 0) is 134 Å². The number of hydrogen-bond acceptors (Lipinski definition) is 2. The van der Waals surface area contributed by atoms with E-state index in [0.29, 0.717) is 0 Å². The van der Waals surface area contributed by atoms with E-state index in [1.54, 1.807) is 0 Å². The van der Waals surface area contributed by atoms with Crippen molar-refractivity contribution in [3.05, 3.63) is 188 Å². The van der Waals surface area contributed by atoms with E-state index < -0.39 is 0 Å². The maximum atomic E-state index is 2.49. The Bertz CT molecular complexity index is 3050. The van der Waals surface area contributed by atoms with Crippen molar-refractivity contribution < 1.29 is 0 Å². The van der Waals surface area contributed by atoms with Gasteiger partial charge in [0.25, 0.3) is 0 Å². The van der Waals surface area contributed by atoms with Gasteiger partial charge in [0.15, 0.2) is 0 Å². The number of rotatable bonds is 5. The Hall–Kier alpha value is -6.48. The van der Waals surface area contributed by atoms with E-state index in [2.05, 4.69) is 194 Å². The Morgan fingerprint density at radius 1 is 0.377 bits per heavy atom. The van der Waals surface area contributed by atoms with E-state index in [-0.39, 0.29) is 0 Å². The van der Waals surface area contributed by atoms with Crippen LogP contribution in [0.15, 0.2) is 182 Å². The molecule has 1 aliphatic rings. The fourth-order valence-electron chi connectivity index (χ4n) is 8.34. The summed E-state index contributed by atoms with van der Waals surface area (Å²) >= 11 is 1.87. The molecule has 0 saturated carbocycles. The zero-order chi connectivity index (χ0) is 35.0. The summed E-state index contributed by atoms with van der Waals surface area (Å²) in [5.41, 5.74) is 15.0. The van der Waals surface area contributed by atoms with Crippen LogP contribution in [0.1, 0.15) is 5.56 Å². The molecule has 53 heavy (non-hydrogen) atoms. The highest BCUT2D eigenvalue weighted by atomic mass is 32.1. The van der Waals surface area contributed by atoms with Crippen molar-refractivity contribution in [1.29, 1.82) is 0 Å². The molecule has 0 radical (unpaired) electrons. The predicted molar refractivity (Wildman–Crippen MR) is 229 cm³/mol. The quantitative estimate of drug-likeness (QED) is 0.174.